The van der Waals surface area contributed by atoms with Crippen LogP contribution in [0.5, 0.6) is 0 Å². The average Bonchev–Trinajstić information content (AvgIpc) is 2.41. The SMILES string of the molecule is CC(C)(CNc1cc(F)ccc1N)c1cccnc1. The van der Waals surface area contributed by atoms with Gasteiger partial charge in [0.15, 0.2) is 0 Å². The minimum Gasteiger partial charge on any atom is -0.397 e. The number of nitrogen functional groups attached to an aromatic ring is 1. The lowest BCUT2D eigenvalue weighted by atomic mass is 9.85. The summed E-state index contributed by atoms with van der Waals surface area (Å²) in [6, 6.07) is 8.27. The van der Waals surface area contributed by atoms with Crippen molar-refractivity contribution in [3.8, 4) is 0 Å². The van der Waals surface area contributed by atoms with E-state index in [2.05, 4.69) is 24.1 Å². The quantitative estimate of drug-likeness (QED) is 0.829. The molecule has 1 aromatic carbocycles. The van der Waals surface area contributed by atoms with E-state index in [1.807, 2.05) is 18.3 Å². The Labute approximate surface area is 112 Å². The lowest BCUT2D eigenvalue weighted by molar-refractivity contribution is 0.554. The summed E-state index contributed by atoms with van der Waals surface area (Å²) in [5.41, 5.74) is 7.99. The molecule has 0 saturated heterocycles. The molecule has 0 radical (unpaired) electrons. The van der Waals surface area contributed by atoms with Crippen molar-refractivity contribution in [2.45, 2.75) is 19.3 Å². The maximum Gasteiger partial charge on any atom is 0.125 e. The Kier molecular flexibility index (Phi) is 3.69. The molecular formula is C15H18FN3. The van der Waals surface area contributed by atoms with Crippen molar-refractivity contribution in [1.29, 1.82) is 0 Å². The predicted octanol–water partition coefficient (Wildman–Crippen LogP) is 3.19. The second-order valence-electron chi connectivity index (χ2n) is 5.21. The Morgan fingerprint density at radius 2 is 2.11 bits per heavy atom. The first kappa shape index (κ1) is 13.3. The van der Waals surface area contributed by atoms with E-state index in [1.165, 1.54) is 12.1 Å². The van der Waals surface area contributed by atoms with Crippen LogP contribution in [0.2, 0.25) is 0 Å². The molecule has 3 N–H and O–H groups in total. The first-order valence-corrected chi connectivity index (χ1v) is 6.18. The molecule has 3 nitrogen and oxygen atoms in total. The van der Waals surface area contributed by atoms with Crippen LogP contribution in [0.3, 0.4) is 0 Å². The van der Waals surface area contributed by atoms with Gasteiger partial charge in [0.2, 0.25) is 0 Å². The van der Waals surface area contributed by atoms with Gasteiger partial charge in [-0.2, -0.15) is 0 Å². The highest BCUT2D eigenvalue weighted by molar-refractivity contribution is 5.66. The number of nitrogens with one attached hydrogen (secondary N) is 1. The van der Waals surface area contributed by atoms with E-state index in [9.17, 15) is 4.39 Å². The van der Waals surface area contributed by atoms with Crippen LogP contribution < -0.4 is 11.1 Å². The van der Waals surface area contributed by atoms with Crippen LogP contribution in [0.25, 0.3) is 0 Å². The van der Waals surface area contributed by atoms with Gasteiger partial charge in [-0.05, 0) is 29.8 Å². The molecular weight excluding hydrogens is 241 g/mol. The summed E-state index contributed by atoms with van der Waals surface area (Å²) in [5.74, 6) is -0.295. The molecule has 0 atom stereocenters. The molecule has 0 aliphatic carbocycles. The Balaban J connectivity index is 2.12. The first-order valence-electron chi connectivity index (χ1n) is 6.18. The van der Waals surface area contributed by atoms with Crippen molar-refractivity contribution >= 4 is 11.4 Å². The Hall–Kier alpha value is -2.10. The third-order valence-corrected chi connectivity index (χ3v) is 3.18. The topological polar surface area (TPSA) is 50.9 Å². The van der Waals surface area contributed by atoms with E-state index in [0.29, 0.717) is 17.9 Å². The third kappa shape index (κ3) is 3.22. The number of benzene rings is 1. The van der Waals surface area contributed by atoms with E-state index < -0.39 is 0 Å². The molecule has 1 heterocycles. The molecule has 0 bridgehead atoms. The zero-order chi connectivity index (χ0) is 13.9. The predicted molar refractivity (Wildman–Crippen MR) is 76.6 cm³/mol. The highest BCUT2D eigenvalue weighted by atomic mass is 19.1. The first-order chi connectivity index (χ1) is 8.99. The molecule has 0 fully saturated rings. The van der Waals surface area contributed by atoms with Crippen LogP contribution in [0.15, 0.2) is 42.7 Å². The molecule has 0 unspecified atom stereocenters. The summed E-state index contributed by atoms with van der Waals surface area (Å²) in [6.45, 7) is 4.85. The van der Waals surface area contributed by atoms with E-state index in [4.69, 9.17) is 5.73 Å². The maximum absolute atomic E-state index is 13.2. The fourth-order valence-electron chi connectivity index (χ4n) is 1.86. The number of halogens is 1. The van der Waals surface area contributed by atoms with Gasteiger partial charge < -0.3 is 11.1 Å². The number of nitrogens with zero attached hydrogens (tertiary/aromatic N) is 1. The van der Waals surface area contributed by atoms with E-state index in [1.54, 1.807) is 12.3 Å². The fraction of sp³-hybridized carbons (Fsp3) is 0.267. The Bertz CT molecular complexity index is 553. The molecule has 1 aromatic heterocycles. The normalized spacial score (nSPS) is 11.3. The van der Waals surface area contributed by atoms with Crippen molar-refractivity contribution < 1.29 is 4.39 Å². The second kappa shape index (κ2) is 5.26. The van der Waals surface area contributed by atoms with Gasteiger partial charge >= 0.3 is 0 Å². The standard InChI is InChI=1S/C15H18FN3/c1-15(2,11-4-3-7-18-9-11)10-19-14-8-12(16)5-6-13(14)17/h3-9,19H,10,17H2,1-2H3. The molecule has 0 amide bonds. The smallest absolute Gasteiger partial charge is 0.125 e. The molecule has 0 saturated carbocycles. The number of nitrogens with two attached hydrogens (primary N) is 1. The molecule has 2 rings (SSSR count). The lowest BCUT2D eigenvalue weighted by Crippen LogP contribution is -2.28. The minimum atomic E-state index is -0.295. The molecule has 100 valence electrons. The number of anilines is 2. The summed E-state index contributed by atoms with van der Waals surface area (Å²) in [6.07, 6.45) is 3.59. The van der Waals surface area contributed by atoms with Crippen molar-refractivity contribution in [3.63, 3.8) is 0 Å². The lowest BCUT2D eigenvalue weighted by Gasteiger charge is -2.26. The summed E-state index contributed by atoms with van der Waals surface area (Å²) in [5, 5.41) is 3.20. The zero-order valence-electron chi connectivity index (χ0n) is 11.2. The van der Waals surface area contributed by atoms with Gasteiger partial charge in [0.25, 0.3) is 0 Å². The van der Waals surface area contributed by atoms with Crippen LogP contribution in [0.4, 0.5) is 15.8 Å². The van der Waals surface area contributed by atoms with E-state index in [-0.39, 0.29) is 11.2 Å². The van der Waals surface area contributed by atoms with Crippen LogP contribution >= 0.6 is 0 Å². The summed E-state index contributed by atoms with van der Waals surface area (Å²) < 4.78 is 13.2. The minimum absolute atomic E-state index is 0.118. The monoisotopic (exact) mass is 259 g/mol. The third-order valence-electron chi connectivity index (χ3n) is 3.18. The van der Waals surface area contributed by atoms with Gasteiger partial charge in [-0.3, -0.25) is 4.98 Å². The summed E-state index contributed by atoms with van der Waals surface area (Å²) in [4.78, 5) is 4.13. The van der Waals surface area contributed by atoms with Gasteiger partial charge in [-0.15, -0.1) is 0 Å². The number of aromatic nitrogens is 1. The summed E-state index contributed by atoms with van der Waals surface area (Å²) >= 11 is 0. The molecule has 0 aliphatic heterocycles. The van der Waals surface area contributed by atoms with Crippen LogP contribution in [-0.4, -0.2) is 11.5 Å². The van der Waals surface area contributed by atoms with Crippen molar-refractivity contribution in [3.05, 3.63) is 54.1 Å². The second-order valence-corrected chi connectivity index (χ2v) is 5.21. The van der Waals surface area contributed by atoms with Gasteiger partial charge in [-0.1, -0.05) is 19.9 Å². The van der Waals surface area contributed by atoms with E-state index in [0.717, 1.165) is 5.56 Å². The largest absolute Gasteiger partial charge is 0.397 e. The highest BCUT2D eigenvalue weighted by Gasteiger charge is 2.20. The van der Waals surface area contributed by atoms with Crippen molar-refractivity contribution in [2.24, 2.45) is 0 Å². The number of rotatable bonds is 4. The van der Waals surface area contributed by atoms with Gasteiger partial charge in [0.1, 0.15) is 5.82 Å². The maximum atomic E-state index is 13.2. The van der Waals surface area contributed by atoms with Crippen molar-refractivity contribution in [2.75, 3.05) is 17.6 Å². The molecule has 4 heteroatoms. The highest BCUT2D eigenvalue weighted by Crippen LogP contribution is 2.25. The number of hydrogen-bond acceptors (Lipinski definition) is 3. The van der Waals surface area contributed by atoms with Crippen molar-refractivity contribution in [1.82, 2.24) is 4.98 Å². The molecule has 2 aromatic rings. The zero-order valence-corrected chi connectivity index (χ0v) is 11.2. The van der Waals surface area contributed by atoms with Crippen LogP contribution in [0, 0.1) is 5.82 Å². The Morgan fingerprint density at radius 3 is 2.79 bits per heavy atom. The Morgan fingerprint density at radius 1 is 1.32 bits per heavy atom. The van der Waals surface area contributed by atoms with Gasteiger partial charge in [0, 0.05) is 24.4 Å². The van der Waals surface area contributed by atoms with E-state index >= 15 is 0 Å². The molecule has 19 heavy (non-hydrogen) atoms. The van der Waals surface area contributed by atoms with Gasteiger partial charge in [-0.25, -0.2) is 4.39 Å². The summed E-state index contributed by atoms with van der Waals surface area (Å²) in [7, 11) is 0. The number of pyridine rings is 1. The number of hydrogen-bond donors (Lipinski definition) is 2. The molecule has 0 spiro atoms. The van der Waals surface area contributed by atoms with Crippen LogP contribution in [-0.2, 0) is 5.41 Å². The van der Waals surface area contributed by atoms with Crippen LogP contribution in [0.1, 0.15) is 19.4 Å². The average molecular weight is 259 g/mol. The fourth-order valence-corrected chi connectivity index (χ4v) is 1.86. The molecule has 0 aliphatic rings. The van der Waals surface area contributed by atoms with Gasteiger partial charge in [0.05, 0.1) is 11.4 Å².